The molecule has 2 N–H and O–H groups in total. The van der Waals surface area contributed by atoms with E-state index in [1.807, 2.05) is 13.0 Å². The molecule has 0 atom stereocenters. The van der Waals surface area contributed by atoms with Crippen molar-refractivity contribution in [2.75, 3.05) is 33.2 Å². The van der Waals surface area contributed by atoms with Crippen LogP contribution in [0.3, 0.4) is 0 Å². The summed E-state index contributed by atoms with van der Waals surface area (Å²) in [6, 6.07) is 9.59. The van der Waals surface area contributed by atoms with Crippen LogP contribution in [-0.2, 0) is 14.8 Å². The van der Waals surface area contributed by atoms with E-state index in [9.17, 15) is 13.2 Å². The van der Waals surface area contributed by atoms with E-state index in [4.69, 9.17) is 14.2 Å². The van der Waals surface area contributed by atoms with Gasteiger partial charge in [-0.1, -0.05) is 6.07 Å². The number of carbonyl (C=O) groups is 1. The Balaban J connectivity index is 2.11. The molecular formula is C18H22N2O6S. The van der Waals surface area contributed by atoms with Crippen molar-refractivity contribution in [2.24, 2.45) is 0 Å². The Morgan fingerprint density at radius 3 is 2.30 bits per heavy atom. The predicted octanol–water partition coefficient (Wildman–Crippen LogP) is 1.94. The van der Waals surface area contributed by atoms with Gasteiger partial charge in [0.05, 0.1) is 33.6 Å². The highest BCUT2D eigenvalue weighted by Gasteiger charge is 2.21. The maximum atomic E-state index is 12.5. The monoisotopic (exact) mass is 394 g/mol. The number of hydrogen-bond acceptors (Lipinski definition) is 6. The molecule has 0 aliphatic heterocycles. The standard InChI is InChI=1S/C18H22N2O6S/c1-12-5-7-15(25-3)14(9-12)20-18(21)11-19-27(22,23)17-8-6-13(24-2)10-16(17)26-4/h5-10,19H,11H2,1-4H3,(H,20,21). The van der Waals surface area contributed by atoms with Gasteiger partial charge in [0, 0.05) is 6.07 Å². The van der Waals surface area contributed by atoms with E-state index in [1.165, 1.54) is 39.5 Å². The third-order valence-corrected chi connectivity index (χ3v) is 5.15. The smallest absolute Gasteiger partial charge is 0.244 e. The van der Waals surface area contributed by atoms with Crippen molar-refractivity contribution in [1.82, 2.24) is 4.72 Å². The SMILES string of the molecule is COc1ccc(S(=O)(=O)NCC(=O)Nc2cc(C)ccc2OC)c(OC)c1. The van der Waals surface area contributed by atoms with Crippen LogP contribution in [0.15, 0.2) is 41.3 Å². The second-order valence-electron chi connectivity index (χ2n) is 5.59. The Labute approximate surface area is 158 Å². The van der Waals surface area contributed by atoms with Crippen LogP contribution in [0.2, 0.25) is 0 Å². The molecule has 0 saturated carbocycles. The molecule has 8 nitrogen and oxygen atoms in total. The highest BCUT2D eigenvalue weighted by Crippen LogP contribution is 2.28. The van der Waals surface area contributed by atoms with E-state index in [2.05, 4.69) is 10.0 Å². The molecule has 0 aromatic heterocycles. The number of carbonyl (C=O) groups excluding carboxylic acids is 1. The number of amides is 1. The van der Waals surface area contributed by atoms with Gasteiger partial charge in [-0.05, 0) is 36.8 Å². The molecule has 0 bridgehead atoms. The van der Waals surface area contributed by atoms with Gasteiger partial charge in [-0.3, -0.25) is 4.79 Å². The lowest BCUT2D eigenvalue weighted by Gasteiger charge is -2.13. The van der Waals surface area contributed by atoms with E-state index in [0.29, 0.717) is 17.2 Å². The maximum Gasteiger partial charge on any atom is 0.244 e. The van der Waals surface area contributed by atoms with Crippen LogP contribution < -0.4 is 24.2 Å². The second kappa shape index (κ2) is 8.74. The van der Waals surface area contributed by atoms with Gasteiger partial charge in [0.1, 0.15) is 22.1 Å². The van der Waals surface area contributed by atoms with Gasteiger partial charge in [-0.15, -0.1) is 0 Å². The van der Waals surface area contributed by atoms with Gasteiger partial charge in [-0.2, -0.15) is 0 Å². The Morgan fingerprint density at radius 2 is 1.67 bits per heavy atom. The molecule has 1 amide bonds. The molecule has 2 rings (SSSR count). The van der Waals surface area contributed by atoms with Crippen LogP contribution in [0.25, 0.3) is 0 Å². The molecule has 2 aromatic rings. The summed E-state index contributed by atoms with van der Waals surface area (Å²) < 4.78 is 42.6. The minimum atomic E-state index is -3.96. The van der Waals surface area contributed by atoms with Crippen LogP contribution in [0.5, 0.6) is 17.2 Å². The number of rotatable bonds is 8. The highest BCUT2D eigenvalue weighted by atomic mass is 32.2. The number of ether oxygens (including phenoxy) is 3. The van der Waals surface area contributed by atoms with Crippen LogP contribution in [0, 0.1) is 6.92 Å². The Hall–Kier alpha value is -2.78. The molecular weight excluding hydrogens is 372 g/mol. The molecule has 0 spiro atoms. The molecule has 0 aliphatic rings. The van der Waals surface area contributed by atoms with Gasteiger partial charge in [0.25, 0.3) is 0 Å². The lowest BCUT2D eigenvalue weighted by atomic mass is 10.2. The molecule has 146 valence electrons. The molecule has 0 unspecified atom stereocenters. The molecule has 2 aromatic carbocycles. The van der Waals surface area contributed by atoms with Crippen molar-refractivity contribution < 1.29 is 27.4 Å². The fraction of sp³-hybridized carbons (Fsp3) is 0.278. The summed E-state index contributed by atoms with van der Waals surface area (Å²) in [5, 5.41) is 2.63. The number of hydrogen-bond donors (Lipinski definition) is 2. The number of methoxy groups -OCH3 is 3. The zero-order chi connectivity index (χ0) is 20.0. The lowest BCUT2D eigenvalue weighted by molar-refractivity contribution is -0.115. The molecule has 0 heterocycles. The van der Waals surface area contributed by atoms with Gasteiger partial charge in [-0.25, -0.2) is 13.1 Å². The molecule has 0 fully saturated rings. The van der Waals surface area contributed by atoms with Crippen molar-refractivity contribution >= 4 is 21.6 Å². The van der Waals surface area contributed by atoms with Gasteiger partial charge in [0.2, 0.25) is 15.9 Å². The van der Waals surface area contributed by atoms with Crippen molar-refractivity contribution in [3.05, 3.63) is 42.0 Å². The zero-order valence-corrected chi connectivity index (χ0v) is 16.3. The number of sulfonamides is 1. The summed E-state index contributed by atoms with van der Waals surface area (Å²) in [5.41, 5.74) is 1.39. The number of anilines is 1. The molecule has 0 aliphatic carbocycles. The first-order valence-electron chi connectivity index (χ1n) is 7.97. The summed E-state index contributed by atoms with van der Waals surface area (Å²) in [4.78, 5) is 12.1. The first-order valence-corrected chi connectivity index (χ1v) is 9.45. The largest absolute Gasteiger partial charge is 0.497 e. The Kier molecular flexibility index (Phi) is 6.65. The van der Waals surface area contributed by atoms with Crippen LogP contribution in [-0.4, -0.2) is 42.2 Å². The topological polar surface area (TPSA) is 103 Å². The number of benzene rings is 2. The van der Waals surface area contributed by atoms with Gasteiger partial charge < -0.3 is 19.5 Å². The minimum absolute atomic E-state index is 0.0910. The summed E-state index contributed by atoms with van der Waals surface area (Å²) in [5.74, 6) is 0.515. The minimum Gasteiger partial charge on any atom is -0.497 e. The Morgan fingerprint density at radius 1 is 0.963 bits per heavy atom. The second-order valence-corrected chi connectivity index (χ2v) is 7.33. The predicted molar refractivity (Wildman–Crippen MR) is 101 cm³/mol. The molecule has 0 saturated heterocycles. The number of nitrogens with one attached hydrogen (secondary N) is 2. The third-order valence-electron chi connectivity index (χ3n) is 3.71. The molecule has 9 heteroatoms. The normalized spacial score (nSPS) is 11.0. The van der Waals surface area contributed by atoms with Crippen LogP contribution in [0.1, 0.15) is 5.56 Å². The van der Waals surface area contributed by atoms with E-state index >= 15 is 0 Å². The van der Waals surface area contributed by atoms with Crippen molar-refractivity contribution in [3.63, 3.8) is 0 Å². The van der Waals surface area contributed by atoms with E-state index in [1.54, 1.807) is 12.1 Å². The van der Waals surface area contributed by atoms with Crippen LogP contribution >= 0.6 is 0 Å². The highest BCUT2D eigenvalue weighted by molar-refractivity contribution is 7.89. The van der Waals surface area contributed by atoms with Gasteiger partial charge >= 0.3 is 0 Å². The maximum absolute atomic E-state index is 12.5. The fourth-order valence-corrected chi connectivity index (χ4v) is 3.48. The van der Waals surface area contributed by atoms with Crippen LogP contribution in [0.4, 0.5) is 5.69 Å². The first-order chi connectivity index (χ1) is 12.8. The van der Waals surface area contributed by atoms with Crippen molar-refractivity contribution in [1.29, 1.82) is 0 Å². The Bertz CT molecular complexity index is 927. The lowest BCUT2D eigenvalue weighted by Crippen LogP contribution is -2.33. The first kappa shape index (κ1) is 20.5. The average molecular weight is 394 g/mol. The number of aryl methyl sites for hydroxylation is 1. The summed E-state index contributed by atoms with van der Waals surface area (Å²) in [6.07, 6.45) is 0. The fourth-order valence-electron chi connectivity index (χ4n) is 2.35. The molecule has 0 radical (unpaired) electrons. The summed E-state index contributed by atoms with van der Waals surface area (Å²) in [7, 11) is 0.338. The van der Waals surface area contributed by atoms with Crippen molar-refractivity contribution in [3.8, 4) is 17.2 Å². The summed E-state index contributed by atoms with van der Waals surface area (Å²) in [6.45, 7) is 1.42. The zero-order valence-electron chi connectivity index (χ0n) is 15.5. The quantitative estimate of drug-likeness (QED) is 0.709. The van der Waals surface area contributed by atoms with E-state index in [-0.39, 0.29) is 10.6 Å². The molecule has 27 heavy (non-hydrogen) atoms. The summed E-state index contributed by atoms with van der Waals surface area (Å²) >= 11 is 0. The van der Waals surface area contributed by atoms with E-state index in [0.717, 1.165) is 5.56 Å². The van der Waals surface area contributed by atoms with E-state index < -0.39 is 22.5 Å². The van der Waals surface area contributed by atoms with Crippen molar-refractivity contribution in [2.45, 2.75) is 11.8 Å². The average Bonchev–Trinajstić information content (AvgIpc) is 2.66. The third kappa shape index (κ3) is 5.11. The van der Waals surface area contributed by atoms with Gasteiger partial charge in [0.15, 0.2) is 0 Å².